The second kappa shape index (κ2) is 10.3. The number of amides is 1. The fourth-order valence-electron chi connectivity index (χ4n) is 4.33. The summed E-state index contributed by atoms with van der Waals surface area (Å²) in [5.41, 5.74) is 2.82. The van der Waals surface area contributed by atoms with Gasteiger partial charge in [-0.2, -0.15) is 5.26 Å². The standard InChI is InChI=1S/C26H28N4O4/c1-4-34-20-5-6-24-23(14-20)25(18(15-27)16-28-24)30-9-7-17(8-10-30)26(31)29-19-11-21(32-2)13-22(12-19)33-3/h5-6,11-14,16-17H,4,7-10H2,1-3H3,(H,29,31). The van der Waals surface area contributed by atoms with E-state index in [4.69, 9.17) is 14.2 Å². The highest BCUT2D eigenvalue weighted by atomic mass is 16.5. The third kappa shape index (κ3) is 4.84. The first kappa shape index (κ1) is 23.2. The van der Waals surface area contributed by atoms with Crippen LogP contribution in [0.1, 0.15) is 25.3 Å². The Balaban J connectivity index is 1.51. The lowest BCUT2D eigenvalue weighted by molar-refractivity contribution is -0.120. The van der Waals surface area contributed by atoms with Crippen molar-refractivity contribution in [1.29, 1.82) is 5.26 Å². The Morgan fingerprint density at radius 1 is 1.12 bits per heavy atom. The first-order valence-electron chi connectivity index (χ1n) is 11.3. The molecule has 0 unspecified atom stereocenters. The third-order valence-electron chi connectivity index (χ3n) is 6.04. The van der Waals surface area contributed by atoms with E-state index in [1.165, 1.54) is 0 Å². The van der Waals surface area contributed by atoms with Crippen molar-refractivity contribution in [3.8, 4) is 23.3 Å². The number of nitriles is 1. The van der Waals surface area contributed by atoms with Crippen molar-refractivity contribution in [2.45, 2.75) is 19.8 Å². The molecular weight excluding hydrogens is 432 g/mol. The Labute approximate surface area is 199 Å². The lowest BCUT2D eigenvalue weighted by Crippen LogP contribution is -2.38. The van der Waals surface area contributed by atoms with Crippen LogP contribution in [0.4, 0.5) is 11.4 Å². The maximum absolute atomic E-state index is 13.0. The lowest BCUT2D eigenvalue weighted by Gasteiger charge is -2.34. The van der Waals surface area contributed by atoms with Crippen molar-refractivity contribution in [1.82, 2.24) is 4.98 Å². The summed E-state index contributed by atoms with van der Waals surface area (Å²) in [7, 11) is 3.15. The number of hydrogen-bond donors (Lipinski definition) is 1. The molecule has 1 aliphatic heterocycles. The summed E-state index contributed by atoms with van der Waals surface area (Å²) in [6.07, 6.45) is 2.96. The van der Waals surface area contributed by atoms with Gasteiger partial charge in [0, 0.05) is 54.5 Å². The summed E-state index contributed by atoms with van der Waals surface area (Å²) in [6, 6.07) is 13.3. The van der Waals surface area contributed by atoms with Gasteiger partial charge in [-0.25, -0.2) is 0 Å². The molecule has 8 nitrogen and oxygen atoms in total. The molecule has 1 aliphatic rings. The van der Waals surface area contributed by atoms with Crippen LogP contribution in [0.2, 0.25) is 0 Å². The summed E-state index contributed by atoms with van der Waals surface area (Å²) in [4.78, 5) is 19.6. The zero-order valence-corrected chi connectivity index (χ0v) is 19.6. The molecule has 0 atom stereocenters. The molecule has 1 aromatic heterocycles. The van der Waals surface area contributed by atoms with Crippen molar-refractivity contribution >= 4 is 28.2 Å². The van der Waals surface area contributed by atoms with Crippen LogP contribution in [0, 0.1) is 17.2 Å². The van der Waals surface area contributed by atoms with Gasteiger partial charge in [-0.1, -0.05) is 0 Å². The number of pyridine rings is 1. The lowest BCUT2D eigenvalue weighted by atomic mass is 9.94. The number of anilines is 2. The van der Waals surface area contributed by atoms with E-state index < -0.39 is 0 Å². The third-order valence-corrected chi connectivity index (χ3v) is 6.04. The molecule has 1 fully saturated rings. The van der Waals surface area contributed by atoms with E-state index in [0.29, 0.717) is 55.3 Å². The topological polar surface area (TPSA) is 96.7 Å². The second-order valence-corrected chi connectivity index (χ2v) is 8.10. The van der Waals surface area contributed by atoms with E-state index in [9.17, 15) is 10.1 Å². The number of methoxy groups -OCH3 is 2. The minimum Gasteiger partial charge on any atom is -0.497 e. The quantitative estimate of drug-likeness (QED) is 0.559. The Bertz CT molecular complexity index is 1210. The number of nitrogens with zero attached hydrogens (tertiary/aromatic N) is 3. The maximum atomic E-state index is 13.0. The minimum atomic E-state index is -0.133. The van der Waals surface area contributed by atoms with E-state index >= 15 is 0 Å². The molecule has 1 N–H and O–H groups in total. The molecule has 0 spiro atoms. The van der Waals surface area contributed by atoms with Gasteiger partial charge in [-0.05, 0) is 38.0 Å². The molecule has 1 saturated heterocycles. The fourth-order valence-corrected chi connectivity index (χ4v) is 4.33. The molecule has 8 heteroatoms. The van der Waals surface area contributed by atoms with E-state index in [1.54, 1.807) is 38.6 Å². The van der Waals surface area contributed by atoms with Crippen LogP contribution < -0.4 is 24.4 Å². The largest absolute Gasteiger partial charge is 0.497 e. The fraction of sp³-hybridized carbons (Fsp3) is 0.346. The summed E-state index contributed by atoms with van der Waals surface area (Å²) in [5, 5.41) is 13.6. The highest BCUT2D eigenvalue weighted by molar-refractivity contribution is 5.96. The summed E-state index contributed by atoms with van der Waals surface area (Å²) in [5.74, 6) is 1.81. The number of hydrogen-bond acceptors (Lipinski definition) is 7. The molecular formula is C26H28N4O4. The smallest absolute Gasteiger partial charge is 0.227 e. The molecule has 34 heavy (non-hydrogen) atoms. The molecule has 3 aromatic rings. The van der Waals surface area contributed by atoms with Crippen LogP contribution in [0.15, 0.2) is 42.6 Å². The zero-order chi connectivity index (χ0) is 24.1. The number of nitrogens with one attached hydrogen (secondary N) is 1. The Morgan fingerprint density at radius 2 is 1.82 bits per heavy atom. The Kier molecular flexibility index (Phi) is 7.02. The summed E-state index contributed by atoms with van der Waals surface area (Å²) < 4.78 is 16.2. The number of carbonyl (C=O) groups excluding carboxylic acids is 1. The predicted octanol–water partition coefficient (Wildman–Crippen LogP) is 4.38. The highest BCUT2D eigenvalue weighted by Gasteiger charge is 2.27. The molecule has 4 rings (SSSR count). The van der Waals surface area contributed by atoms with Crippen LogP contribution in [-0.2, 0) is 4.79 Å². The highest BCUT2D eigenvalue weighted by Crippen LogP contribution is 2.35. The normalized spacial score (nSPS) is 13.9. The van der Waals surface area contributed by atoms with Crippen molar-refractivity contribution in [3.05, 3.63) is 48.2 Å². The van der Waals surface area contributed by atoms with Crippen LogP contribution in [0.5, 0.6) is 17.2 Å². The van der Waals surface area contributed by atoms with Gasteiger partial charge in [0.1, 0.15) is 23.3 Å². The second-order valence-electron chi connectivity index (χ2n) is 8.10. The Morgan fingerprint density at radius 3 is 2.44 bits per heavy atom. The molecule has 1 amide bonds. The number of ether oxygens (including phenoxy) is 3. The number of aromatic nitrogens is 1. The van der Waals surface area contributed by atoms with Crippen LogP contribution in [0.3, 0.4) is 0 Å². The van der Waals surface area contributed by atoms with Gasteiger partial charge in [0.2, 0.25) is 5.91 Å². The van der Waals surface area contributed by atoms with E-state index in [-0.39, 0.29) is 11.8 Å². The van der Waals surface area contributed by atoms with Gasteiger partial charge in [0.15, 0.2) is 0 Å². The van der Waals surface area contributed by atoms with Crippen molar-refractivity contribution in [2.24, 2.45) is 5.92 Å². The molecule has 0 radical (unpaired) electrons. The van der Waals surface area contributed by atoms with Crippen molar-refractivity contribution in [3.63, 3.8) is 0 Å². The van der Waals surface area contributed by atoms with Gasteiger partial charge >= 0.3 is 0 Å². The van der Waals surface area contributed by atoms with Gasteiger partial charge < -0.3 is 24.4 Å². The van der Waals surface area contributed by atoms with Gasteiger partial charge in [0.25, 0.3) is 0 Å². The SMILES string of the molecule is CCOc1ccc2ncc(C#N)c(N3CCC(C(=O)Nc4cc(OC)cc(OC)c4)CC3)c2c1. The van der Waals surface area contributed by atoms with Gasteiger partial charge in [-0.3, -0.25) is 9.78 Å². The monoisotopic (exact) mass is 460 g/mol. The predicted molar refractivity (Wildman–Crippen MR) is 131 cm³/mol. The van der Waals surface area contributed by atoms with Gasteiger partial charge in [-0.15, -0.1) is 0 Å². The van der Waals surface area contributed by atoms with Crippen LogP contribution >= 0.6 is 0 Å². The van der Waals surface area contributed by atoms with Crippen LogP contribution in [-0.4, -0.2) is 44.8 Å². The number of piperidine rings is 1. The van der Waals surface area contributed by atoms with Crippen molar-refractivity contribution < 1.29 is 19.0 Å². The van der Waals surface area contributed by atoms with Crippen LogP contribution in [0.25, 0.3) is 10.9 Å². The maximum Gasteiger partial charge on any atom is 0.227 e. The number of benzene rings is 2. The molecule has 0 saturated carbocycles. The molecule has 176 valence electrons. The number of carbonyl (C=O) groups is 1. The zero-order valence-electron chi connectivity index (χ0n) is 19.6. The summed E-state index contributed by atoms with van der Waals surface area (Å²) in [6.45, 7) is 3.82. The number of rotatable bonds is 7. The number of fused-ring (bicyclic) bond motifs is 1. The first-order chi connectivity index (χ1) is 16.6. The van der Waals surface area contributed by atoms with E-state index in [1.807, 2.05) is 25.1 Å². The van der Waals surface area contributed by atoms with E-state index in [2.05, 4.69) is 21.3 Å². The average Bonchev–Trinajstić information content (AvgIpc) is 2.87. The van der Waals surface area contributed by atoms with Gasteiger partial charge in [0.05, 0.1) is 37.6 Å². The molecule has 2 heterocycles. The molecule has 2 aromatic carbocycles. The summed E-state index contributed by atoms with van der Waals surface area (Å²) >= 11 is 0. The molecule has 0 bridgehead atoms. The van der Waals surface area contributed by atoms with E-state index in [0.717, 1.165) is 22.3 Å². The van der Waals surface area contributed by atoms with Crippen molar-refractivity contribution in [2.75, 3.05) is 44.1 Å². The molecule has 0 aliphatic carbocycles. The average molecular weight is 461 g/mol. The Hall–Kier alpha value is -3.99. The minimum absolute atomic E-state index is 0.0336. The first-order valence-corrected chi connectivity index (χ1v) is 11.3.